The van der Waals surface area contributed by atoms with Gasteiger partial charge in [-0.05, 0) is 53.7 Å². The van der Waals surface area contributed by atoms with Crippen LogP contribution in [0.5, 0.6) is 11.5 Å². The number of phenolic OH excluding ortho intramolecular Hbond substituents is 2. The van der Waals surface area contributed by atoms with Gasteiger partial charge in [0.1, 0.15) is 17.3 Å². The van der Waals surface area contributed by atoms with Gasteiger partial charge in [0.2, 0.25) is 0 Å². The molecule has 0 radical (unpaired) electrons. The molecule has 3 atom stereocenters. The molecule has 132 valence electrons. The van der Waals surface area contributed by atoms with E-state index in [2.05, 4.69) is 34.6 Å². The first-order valence-corrected chi connectivity index (χ1v) is 9.24. The smallest absolute Gasteiger partial charge is 0.137 e. The summed E-state index contributed by atoms with van der Waals surface area (Å²) in [5, 5.41) is 21.4. The minimum atomic E-state index is -0.0685. The fraction of sp³-hybridized carbons (Fsp3) is 0.667. The Labute approximate surface area is 145 Å². The van der Waals surface area contributed by atoms with E-state index in [1.165, 1.54) is 0 Å². The number of carbonyl (C=O) groups excluding carboxylic acids is 1. The Morgan fingerprint density at radius 3 is 2.12 bits per heavy atom. The van der Waals surface area contributed by atoms with Crippen molar-refractivity contribution in [1.29, 1.82) is 0 Å². The quantitative estimate of drug-likeness (QED) is 0.826. The fourth-order valence-corrected chi connectivity index (χ4v) is 5.00. The molecule has 2 bridgehead atoms. The highest BCUT2D eigenvalue weighted by Crippen LogP contribution is 2.64. The molecule has 3 fully saturated rings. The van der Waals surface area contributed by atoms with E-state index in [1.807, 2.05) is 12.1 Å². The third-order valence-electron chi connectivity index (χ3n) is 7.40. The normalized spacial score (nSPS) is 28.5. The number of hydrogen-bond acceptors (Lipinski definition) is 3. The Hall–Kier alpha value is -1.51. The Morgan fingerprint density at radius 2 is 1.71 bits per heavy atom. The van der Waals surface area contributed by atoms with Crippen molar-refractivity contribution < 1.29 is 15.0 Å². The number of benzene rings is 1. The summed E-state index contributed by atoms with van der Waals surface area (Å²) < 4.78 is 0. The molecule has 3 saturated carbocycles. The molecule has 0 amide bonds. The number of ketones is 1. The molecule has 24 heavy (non-hydrogen) atoms. The van der Waals surface area contributed by atoms with E-state index >= 15 is 0 Å². The second kappa shape index (κ2) is 5.50. The van der Waals surface area contributed by atoms with Gasteiger partial charge in [-0.3, -0.25) is 4.79 Å². The van der Waals surface area contributed by atoms with Crippen LogP contribution in [0.3, 0.4) is 0 Å². The first kappa shape index (κ1) is 17.3. The molecule has 0 spiro atoms. The van der Waals surface area contributed by atoms with Crippen molar-refractivity contribution in [3.05, 3.63) is 23.3 Å². The molecule has 0 aliphatic heterocycles. The monoisotopic (exact) mass is 330 g/mol. The topological polar surface area (TPSA) is 57.5 Å². The predicted octanol–water partition coefficient (Wildman–Crippen LogP) is 4.89. The molecule has 0 aromatic heterocycles. The number of Topliss-reactive ketones (excluding diaryl/α,β-unsaturated/α-hetero) is 1. The highest BCUT2D eigenvalue weighted by atomic mass is 16.3. The molecular weight excluding hydrogens is 300 g/mol. The zero-order valence-corrected chi connectivity index (χ0v) is 15.5. The van der Waals surface area contributed by atoms with Gasteiger partial charge in [-0.1, -0.05) is 34.6 Å². The summed E-state index contributed by atoms with van der Waals surface area (Å²) in [5.41, 5.74) is 1.47. The lowest BCUT2D eigenvalue weighted by Crippen LogP contribution is -2.56. The third kappa shape index (κ3) is 2.28. The molecule has 3 aliphatic rings. The summed E-state index contributed by atoms with van der Waals surface area (Å²) in [4.78, 5) is 12.4. The number of carbonyl (C=O) groups is 1. The molecule has 1 aromatic carbocycles. The lowest BCUT2D eigenvalue weighted by atomic mass is 9.44. The van der Waals surface area contributed by atoms with E-state index < -0.39 is 0 Å². The molecule has 0 unspecified atom stereocenters. The number of rotatable bonds is 4. The Bertz CT molecular complexity index is 647. The Morgan fingerprint density at radius 1 is 1.17 bits per heavy atom. The van der Waals surface area contributed by atoms with Gasteiger partial charge in [0.05, 0.1) is 0 Å². The highest BCUT2D eigenvalue weighted by molar-refractivity contribution is 5.86. The molecule has 3 nitrogen and oxygen atoms in total. The van der Waals surface area contributed by atoms with Crippen LogP contribution in [0.25, 0.3) is 0 Å². The molecule has 0 saturated heterocycles. The van der Waals surface area contributed by atoms with E-state index in [0.29, 0.717) is 17.9 Å². The van der Waals surface area contributed by atoms with Crippen LogP contribution in [-0.2, 0) is 10.2 Å². The van der Waals surface area contributed by atoms with Gasteiger partial charge in [-0.15, -0.1) is 0 Å². The molecule has 3 aliphatic carbocycles. The van der Waals surface area contributed by atoms with Crippen molar-refractivity contribution in [2.45, 2.75) is 71.6 Å². The summed E-state index contributed by atoms with van der Waals surface area (Å²) in [5.74, 6) is 1.02. The van der Waals surface area contributed by atoms with E-state index in [0.717, 1.165) is 24.8 Å². The molecular formula is C21H30O3. The van der Waals surface area contributed by atoms with Crippen molar-refractivity contribution in [2.24, 2.45) is 17.3 Å². The van der Waals surface area contributed by atoms with Crippen LogP contribution in [0.2, 0.25) is 0 Å². The second-order valence-corrected chi connectivity index (χ2v) is 8.69. The van der Waals surface area contributed by atoms with Crippen molar-refractivity contribution in [3.63, 3.8) is 0 Å². The third-order valence-corrected chi connectivity index (χ3v) is 7.40. The SMILES string of the molecule is CCC(C)(CC)c1cc(O)c([C@H]2CC(=O)[C@H]3C[C@@H]2C3(C)C)c(O)c1. The zero-order valence-electron chi connectivity index (χ0n) is 15.5. The van der Waals surface area contributed by atoms with Crippen LogP contribution < -0.4 is 0 Å². The molecule has 0 heterocycles. The molecule has 2 N–H and O–H groups in total. The van der Waals surface area contributed by atoms with Crippen LogP contribution in [0.1, 0.15) is 77.3 Å². The van der Waals surface area contributed by atoms with Crippen molar-refractivity contribution >= 4 is 5.78 Å². The number of hydrogen-bond donors (Lipinski definition) is 2. The molecule has 1 aromatic rings. The zero-order chi connectivity index (χ0) is 17.9. The van der Waals surface area contributed by atoms with Gasteiger partial charge in [0, 0.05) is 23.8 Å². The average Bonchev–Trinajstić information content (AvgIpc) is 2.52. The average molecular weight is 330 g/mol. The van der Waals surface area contributed by atoms with Crippen molar-refractivity contribution in [2.75, 3.05) is 0 Å². The van der Waals surface area contributed by atoms with E-state index in [-0.39, 0.29) is 39.9 Å². The maximum Gasteiger partial charge on any atom is 0.137 e. The van der Waals surface area contributed by atoms with Crippen LogP contribution >= 0.6 is 0 Å². The first-order chi connectivity index (χ1) is 11.2. The van der Waals surface area contributed by atoms with Crippen LogP contribution in [-0.4, -0.2) is 16.0 Å². The maximum absolute atomic E-state index is 12.4. The van der Waals surface area contributed by atoms with Gasteiger partial charge in [0.15, 0.2) is 0 Å². The summed E-state index contributed by atoms with van der Waals surface area (Å²) in [6.45, 7) is 10.7. The van der Waals surface area contributed by atoms with Gasteiger partial charge in [-0.2, -0.15) is 0 Å². The lowest BCUT2D eigenvalue weighted by Gasteiger charge is -2.59. The fourth-order valence-electron chi connectivity index (χ4n) is 5.00. The molecule has 3 heteroatoms. The van der Waals surface area contributed by atoms with E-state index in [4.69, 9.17) is 0 Å². The van der Waals surface area contributed by atoms with Crippen LogP contribution in [0.15, 0.2) is 12.1 Å². The van der Waals surface area contributed by atoms with Gasteiger partial charge in [-0.25, -0.2) is 0 Å². The van der Waals surface area contributed by atoms with Gasteiger partial charge >= 0.3 is 0 Å². The molecule has 4 rings (SSSR count). The van der Waals surface area contributed by atoms with Gasteiger partial charge in [0.25, 0.3) is 0 Å². The minimum Gasteiger partial charge on any atom is -0.508 e. The van der Waals surface area contributed by atoms with E-state index in [1.54, 1.807) is 0 Å². The summed E-state index contributed by atoms with van der Waals surface area (Å²) in [7, 11) is 0. The Balaban J connectivity index is 2.03. The minimum absolute atomic E-state index is 0.0289. The van der Waals surface area contributed by atoms with Crippen molar-refractivity contribution in [1.82, 2.24) is 0 Å². The van der Waals surface area contributed by atoms with Gasteiger partial charge < -0.3 is 10.2 Å². The predicted molar refractivity (Wildman–Crippen MR) is 95.4 cm³/mol. The summed E-state index contributed by atoms with van der Waals surface area (Å²) in [6.07, 6.45) is 3.22. The number of aromatic hydroxyl groups is 2. The van der Waals surface area contributed by atoms with Crippen molar-refractivity contribution in [3.8, 4) is 11.5 Å². The Kier molecular flexibility index (Phi) is 3.97. The summed E-state index contributed by atoms with van der Waals surface area (Å²) >= 11 is 0. The lowest BCUT2D eigenvalue weighted by molar-refractivity contribution is -0.151. The maximum atomic E-state index is 12.4. The number of phenols is 2. The standard InChI is InChI=1S/C21H30O3/c1-6-21(5,7-2)12-8-17(23)19(18(24)9-12)13-10-16(22)15-11-14(13)20(15,3)4/h8-9,13-15,23-24H,6-7,10-11H2,1-5H3/t13-,14-,15+/m0/s1. The largest absolute Gasteiger partial charge is 0.508 e. The van der Waals surface area contributed by atoms with Crippen LogP contribution in [0.4, 0.5) is 0 Å². The highest BCUT2D eigenvalue weighted by Gasteiger charge is 2.59. The summed E-state index contributed by atoms with van der Waals surface area (Å²) in [6, 6.07) is 3.62. The first-order valence-electron chi connectivity index (χ1n) is 9.24. The van der Waals surface area contributed by atoms with Crippen LogP contribution in [0, 0.1) is 17.3 Å². The van der Waals surface area contributed by atoms with E-state index in [9.17, 15) is 15.0 Å². The second-order valence-electron chi connectivity index (χ2n) is 8.69. The number of fused-ring (bicyclic) bond motifs is 2.